The zero-order chi connectivity index (χ0) is 40.3. The van der Waals surface area contributed by atoms with Crippen molar-refractivity contribution in [2.45, 2.75) is 206 Å². The largest absolute Gasteiger partial charge is 0.469 e. The number of phosphoric acid groups is 1. The highest BCUT2D eigenvalue weighted by atomic mass is 31.2. The van der Waals surface area contributed by atoms with Crippen LogP contribution < -0.4 is 0 Å². The van der Waals surface area contributed by atoms with Crippen LogP contribution in [0, 0.1) is 0 Å². The molecule has 318 valence electrons. The lowest BCUT2D eigenvalue weighted by molar-refractivity contribution is -0.161. The Kier molecular flexibility index (Phi) is 39.7. The quantitative estimate of drug-likeness (QED) is 0.0272. The Bertz CT molecular complexity index is 1070. The highest BCUT2D eigenvalue weighted by molar-refractivity contribution is 7.46. The molecule has 0 aromatic carbocycles. The summed E-state index contributed by atoms with van der Waals surface area (Å²) in [5.74, 6) is -0.949. The molecule has 0 aromatic heterocycles. The third-order valence-corrected chi connectivity index (χ3v) is 9.79. The van der Waals surface area contributed by atoms with E-state index in [1.54, 1.807) is 0 Å². The highest BCUT2D eigenvalue weighted by Crippen LogP contribution is 2.36. The van der Waals surface area contributed by atoms with Crippen LogP contribution in [0.5, 0.6) is 0 Å². The van der Waals surface area contributed by atoms with Gasteiger partial charge in [-0.1, -0.05) is 197 Å². The first-order valence-corrected chi connectivity index (χ1v) is 23.6. The molecule has 0 aromatic rings. The van der Waals surface area contributed by atoms with E-state index in [4.69, 9.17) is 19.3 Å². The summed E-state index contributed by atoms with van der Waals surface area (Å²) in [7, 11) is -4.77. The molecular weight excluding hydrogens is 711 g/mol. The Hall–Kier alpha value is -2.25. The van der Waals surface area contributed by atoms with E-state index in [2.05, 4.69) is 73.1 Å². The van der Waals surface area contributed by atoms with Crippen LogP contribution in [-0.4, -0.2) is 41.0 Å². The van der Waals surface area contributed by atoms with Crippen LogP contribution in [0.1, 0.15) is 200 Å². The number of esters is 2. The molecule has 8 nitrogen and oxygen atoms in total. The number of unbranched alkanes of at least 4 members (excludes halogenated alkanes) is 20. The van der Waals surface area contributed by atoms with Crippen LogP contribution in [0.4, 0.5) is 0 Å². The molecule has 0 bridgehead atoms. The second-order valence-corrected chi connectivity index (χ2v) is 15.9. The van der Waals surface area contributed by atoms with Crippen molar-refractivity contribution in [3.8, 4) is 0 Å². The molecule has 1 atom stereocenters. The van der Waals surface area contributed by atoms with Gasteiger partial charge in [0.25, 0.3) is 0 Å². The number of carbonyl (C=O) groups excluding carboxylic acids is 2. The predicted molar refractivity (Wildman–Crippen MR) is 230 cm³/mol. The second-order valence-electron chi connectivity index (χ2n) is 14.6. The molecule has 0 radical (unpaired) electrons. The summed E-state index contributed by atoms with van der Waals surface area (Å²) in [5.41, 5.74) is 0. The summed E-state index contributed by atoms with van der Waals surface area (Å²) in [4.78, 5) is 42.9. The van der Waals surface area contributed by atoms with Crippen molar-refractivity contribution < 1.29 is 37.9 Å². The van der Waals surface area contributed by atoms with Gasteiger partial charge < -0.3 is 19.3 Å². The standard InChI is InChI=1S/C46H81O8P/c1-3-5-7-9-11-13-15-17-19-21-22-23-25-26-28-30-32-34-36-38-40-45(47)52-42-44(43-53-55(49,50)51)54-46(48)41-39-37-35-33-31-29-27-24-20-18-16-14-12-10-8-6-4-2/h6,8,12,14,18,20,27,29,33,35,44H,3-5,7,9-11,13,15-17,19,21-26,28,30-32,34,36-43H2,1-2H3,(H2,49,50,51)/b8-6-,14-12-,20-18-,29-27-,35-33-. The van der Waals surface area contributed by atoms with E-state index < -0.39 is 32.5 Å². The van der Waals surface area contributed by atoms with Crippen LogP contribution in [0.15, 0.2) is 60.8 Å². The smallest absolute Gasteiger partial charge is 0.462 e. The first-order chi connectivity index (χ1) is 26.8. The van der Waals surface area contributed by atoms with E-state index in [1.165, 1.54) is 109 Å². The van der Waals surface area contributed by atoms with Crippen molar-refractivity contribution in [1.29, 1.82) is 0 Å². The maximum absolute atomic E-state index is 12.4. The Morgan fingerprint density at radius 1 is 0.491 bits per heavy atom. The second kappa shape index (κ2) is 41.4. The van der Waals surface area contributed by atoms with Crippen molar-refractivity contribution in [1.82, 2.24) is 0 Å². The lowest BCUT2D eigenvalue weighted by atomic mass is 10.0. The van der Waals surface area contributed by atoms with Gasteiger partial charge in [-0.3, -0.25) is 14.1 Å². The van der Waals surface area contributed by atoms with Crippen LogP contribution in [-0.2, 0) is 28.2 Å². The number of carbonyl (C=O) groups is 2. The fourth-order valence-corrected chi connectivity index (χ4v) is 6.42. The summed E-state index contributed by atoms with van der Waals surface area (Å²) in [6.45, 7) is 3.54. The molecule has 0 rings (SSSR count). The number of hydrogen-bond donors (Lipinski definition) is 2. The molecule has 0 spiro atoms. The molecule has 2 N–H and O–H groups in total. The monoisotopic (exact) mass is 793 g/mol. The van der Waals surface area contributed by atoms with E-state index in [9.17, 15) is 14.2 Å². The van der Waals surface area contributed by atoms with Gasteiger partial charge in [-0.05, 0) is 51.4 Å². The van der Waals surface area contributed by atoms with E-state index in [-0.39, 0.29) is 19.4 Å². The molecule has 0 saturated heterocycles. The number of phosphoric ester groups is 1. The van der Waals surface area contributed by atoms with Gasteiger partial charge in [0, 0.05) is 12.8 Å². The Morgan fingerprint density at radius 3 is 1.29 bits per heavy atom. The zero-order valence-electron chi connectivity index (χ0n) is 35.1. The van der Waals surface area contributed by atoms with Gasteiger partial charge in [-0.25, -0.2) is 4.57 Å². The summed E-state index contributed by atoms with van der Waals surface area (Å²) < 4.78 is 26.4. The molecule has 1 unspecified atom stereocenters. The molecule has 0 aliphatic rings. The normalized spacial score (nSPS) is 13.0. The molecule has 0 aliphatic heterocycles. The minimum Gasteiger partial charge on any atom is -0.462 e. The van der Waals surface area contributed by atoms with Gasteiger partial charge in [-0.2, -0.15) is 0 Å². The molecule has 0 amide bonds. The molecule has 0 heterocycles. The molecule has 0 fully saturated rings. The van der Waals surface area contributed by atoms with Crippen molar-refractivity contribution in [3.63, 3.8) is 0 Å². The first-order valence-electron chi connectivity index (χ1n) is 22.1. The van der Waals surface area contributed by atoms with Crippen LogP contribution in [0.2, 0.25) is 0 Å². The Labute approximate surface area is 337 Å². The van der Waals surface area contributed by atoms with Gasteiger partial charge >= 0.3 is 19.8 Å². The van der Waals surface area contributed by atoms with Gasteiger partial charge in [0.05, 0.1) is 6.61 Å². The molecule has 0 aliphatic carbocycles. The summed E-state index contributed by atoms with van der Waals surface area (Å²) >= 11 is 0. The zero-order valence-corrected chi connectivity index (χ0v) is 36.0. The van der Waals surface area contributed by atoms with Crippen LogP contribution >= 0.6 is 7.82 Å². The third kappa shape index (κ3) is 44.3. The summed E-state index contributed by atoms with van der Waals surface area (Å²) in [6.07, 6.45) is 52.4. The van der Waals surface area contributed by atoms with Gasteiger partial charge in [-0.15, -0.1) is 0 Å². The van der Waals surface area contributed by atoms with Gasteiger partial charge in [0.1, 0.15) is 6.61 Å². The summed E-state index contributed by atoms with van der Waals surface area (Å²) in [6, 6.07) is 0. The third-order valence-electron chi connectivity index (χ3n) is 9.30. The number of rotatable bonds is 40. The van der Waals surface area contributed by atoms with Crippen molar-refractivity contribution >= 4 is 19.8 Å². The van der Waals surface area contributed by atoms with E-state index in [1.807, 2.05) is 6.08 Å². The Balaban J connectivity index is 3.95. The van der Waals surface area contributed by atoms with E-state index in [0.29, 0.717) is 12.8 Å². The van der Waals surface area contributed by atoms with Gasteiger partial charge in [0.15, 0.2) is 6.10 Å². The maximum Gasteiger partial charge on any atom is 0.469 e. The molecule has 9 heteroatoms. The topological polar surface area (TPSA) is 119 Å². The number of allylic oxidation sites excluding steroid dienone is 10. The average Bonchev–Trinajstić information content (AvgIpc) is 3.16. The molecule has 0 saturated carbocycles. The van der Waals surface area contributed by atoms with Gasteiger partial charge in [0.2, 0.25) is 0 Å². The van der Waals surface area contributed by atoms with Crippen LogP contribution in [0.25, 0.3) is 0 Å². The minimum atomic E-state index is -4.77. The maximum atomic E-state index is 12.4. The first kappa shape index (κ1) is 52.8. The van der Waals surface area contributed by atoms with Crippen LogP contribution in [0.3, 0.4) is 0 Å². The van der Waals surface area contributed by atoms with Crippen molar-refractivity contribution in [2.75, 3.05) is 13.2 Å². The van der Waals surface area contributed by atoms with E-state index >= 15 is 0 Å². The predicted octanol–water partition coefficient (Wildman–Crippen LogP) is 13.7. The van der Waals surface area contributed by atoms with E-state index in [0.717, 1.165) is 51.4 Å². The molecular formula is C46H81O8P. The minimum absolute atomic E-state index is 0.133. The Morgan fingerprint density at radius 2 is 0.873 bits per heavy atom. The lowest BCUT2D eigenvalue weighted by Gasteiger charge is -2.18. The molecule has 55 heavy (non-hydrogen) atoms. The SMILES string of the molecule is CC/C=C\C/C=C\C/C=C\C/C=C\C/C=C\CCCC(=O)OC(COC(=O)CCCCCCCCCCCCCCCCCCCCCC)COP(=O)(O)O. The van der Waals surface area contributed by atoms with Crippen molar-refractivity contribution in [3.05, 3.63) is 60.8 Å². The lowest BCUT2D eigenvalue weighted by Crippen LogP contribution is -2.29. The number of ether oxygens (including phenoxy) is 2. The average molecular weight is 793 g/mol. The fourth-order valence-electron chi connectivity index (χ4n) is 6.06. The summed E-state index contributed by atoms with van der Waals surface area (Å²) in [5, 5.41) is 0. The fraction of sp³-hybridized carbons (Fsp3) is 0.739. The number of hydrogen-bond acceptors (Lipinski definition) is 6. The van der Waals surface area contributed by atoms with Crippen molar-refractivity contribution in [2.24, 2.45) is 0 Å². The highest BCUT2D eigenvalue weighted by Gasteiger charge is 2.22.